The molecule has 0 bridgehead atoms. The number of rotatable bonds is 5. The fourth-order valence-corrected chi connectivity index (χ4v) is 4.55. The van der Waals surface area contributed by atoms with Gasteiger partial charge in [0.2, 0.25) is 5.65 Å². The van der Waals surface area contributed by atoms with Gasteiger partial charge in [-0.05, 0) is 59.0 Å². The van der Waals surface area contributed by atoms with E-state index in [4.69, 9.17) is 4.74 Å². The molecule has 1 amide bonds. The summed E-state index contributed by atoms with van der Waals surface area (Å²) < 4.78 is 7.15. The molecule has 36 heavy (non-hydrogen) atoms. The Bertz CT molecular complexity index is 1540. The lowest BCUT2D eigenvalue weighted by atomic mass is 10.1. The van der Waals surface area contributed by atoms with Crippen molar-refractivity contribution in [2.45, 2.75) is 0 Å². The Morgan fingerprint density at radius 2 is 1.67 bits per heavy atom. The van der Waals surface area contributed by atoms with Crippen LogP contribution in [0.3, 0.4) is 0 Å². The number of piperazine rings is 1. The number of benzene rings is 3. The number of methoxy groups -OCH3 is 1. The molecule has 5 aromatic rings. The highest BCUT2D eigenvalue weighted by Gasteiger charge is 2.23. The van der Waals surface area contributed by atoms with Crippen LogP contribution in [-0.2, 0) is 0 Å². The standard InChI is InChI=1S/C26H24N8O2/c1-36-23-9-5-4-8-22(23)32-14-16-33(17-15-32)26(35)18-10-12-19(13-11-18)27-24-25-29-30-31-34(25)21-7-3-2-6-20(21)28-24/h2-13H,14-17H2,1H3,(H,27,28). The van der Waals surface area contributed by atoms with E-state index in [0.29, 0.717) is 30.1 Å². The molecule has 1 aliphatic rings. The third-order valence-corrected chi connectivity index (χ3v) is 6.41. The summed E-state index contributed by atoms with van der Waals surface area (Å²) in [5, 5.41) is 15.3. The first-order valence-corrected chi connectivity index (χ1v) is 11.7. The Morgan fingerprint density at radius 3 is 2.47 bits per heavy atom. The second-order valence-electron chi connectivity index (χ2n) is 8.52. The van der Waals surface area contributed by atoms with Crippen molar-refractivity contribution in [2.24, 2.45) is 0 Å². The number of nitrogens with zero attached hydrogens (tertiary/aromatic N) is 7. The molecule has 0 atom stereocenters. The highest BCUT2D eigenvalue weighted by atomic mass is 16.5. The van der Waals surface area contributed by atoms with E-state index in [2.05, 4.69) is 36.8 Å². The van der Waals surface area contributed by atoms with Gasteiger partial charge in [0.1, 0.15) is 5.75 Å². The van der Waals surface area contributed by atoms with Gasteiger partial charge in [-0.15, -0.1) is 5.10 Å². The van der Waals surface area contributed by atoms with E-state index in [-0.39, 0.29) is 5.91 Å². The van der Waals surface area contributed by atoms with Crippen LogP contribution >= 0.6 is 0 Å². The highest BCUT2D eigenvalue weighted by Crippen LogP contribution is 2.29. The van der Waals surface area contributed by atoms with E-state index in [0.717, 1.165) is 41.2 Å². The smallest absolute Gasteiger partial charge is 0.253 e. The fraction of sp³-hybridized carbons (Fsp3) is 0.192. The predicted molar refractivity (Wildman–Crippen MR) is 137 cm³/mol. The number of anilines is 3. The summed E-state index contributed by atoms with van der Waals surface area (Å²) in [6.07, 6.45) is 0. The fourth-order valence-electron chi connectivity index (χ4n) is 4.55. The number of nitrogens with one attached hydrogen (secondary N) is 1. The van der Waals surface area contributed by atoms with E-state index in [1.54, 1.807) is 11.6 Å². The molecule has 3 aromatic carbocycles. The predicted octanol–water partition coefficient (Wildman–Crippen LogP) is 3.39. The summed E-state index contributed by atoms with van der Waals surface area (Å²) in [7, 11) is 1.68. The quantitative estimate of drug-likeness (QED) is 0.409. The first kappa shape index (κ1) is 21.8. The van der Waals surface area contributed by atoms with E-state index in [1.165, 1.54) is 0 Å². The van der Waals surface area contributed by atoms with Gasteiger partial charge in [-0.25, -0.2) is 4.98 Å². The average molecular weight is 481 g/mol. The van der Waals surface area contributed by atoms with Crippen LogP contribution < -0.4 is 15.0 Å². The summed E-state index contributed by atoms with van der Waals surface area (Å²) in [6, 6.07) is 23.1. The van der Waals surface area contributed by atoms with E-state index >= 15 is 0 Å². The molecule has 1 N–H and O–H groups in total. The van der Waals surface area contributed by atoms with Gasteiger partial charge in [0.05, 0.1) is 23.8 Å². The summed E-state index contributed by atoms with van der Waals surface area (Å²) in [4.78, 5) is 22.0. The largest absolute Gasteiger partial charge is 0.495 e. The Morgan fingerprint density at radius 1 is 0.917 bits per heavy atom. The Kier molecular flexibility index (Phi) is 5.53. The van der Waals surface area contributed by atoms with Crippen LogP contribution in [0.5, 0.6) is 5.75 Å². The summed E-state index contributed by atoms with van der Waals surface area (Å²) in [5.74, 6) is 1.42. The minimum Gasteiger partial charge on any atom is -0.495 e. The molecule has 2 aromatic heterocycles. The van der Waals surface area contributed by atoms with E-state index in [1.807, 2.05) is 71.6 Å². The molecule has 10 heteroatoms. The zero-order chi connectivity index (χ0) is 24.5. The van der Waals surface area contributed by atoms with Crippen molar-refractivity contribution in [3.63, 3.8) is 0 Å². The second-order valence-corrected chi connectivity index (χ2v) is 8.52. The van der Waals surface area contributed by atoms with Crippen molar-refractivity contribution >= 4 is 39.8 Å². The molecule has 3 heterocycles. The first-order chi connectivity index (χ1) is 17.7. The lowest BCUT2D eigenvalue weighted by Crippen LogP contribution is -2.48. The van der Waals surface area contributed by atoms with E-state index < -0.39 is 0 Å². The molecule has 0 aliphatic carbocycles. The number of fused-ring (bicyclic) bond motifs is 3. The van der Waals surface area contributed by atoms with Gasteiger partial charge in [0.25, 0.3) is 5.91 Å². The molecule has 10 nitrogen and oxygen atoms in total. The van der Waals surface area contributed by atoms with Crippen molar-refractivity contribution in [1.82, 2.24) is 29.9 Å². The van der Waals surface area contributed by atoms with Crippen LogP contribution in [0.2, 0.25) is 0 Å². The molecule has 1 fully saturated rings. The van der Waals surface area contributed by atoms with E-state index in [9.17, 15) is 4.79 Å². The molecule has 6 rings (SSSR count). The number of aromatic nitrogens is 5. The SMILES string of the molecule is COc1ccccc1N1CCN(C(=O)c2ccc(Nc3nc4ccccc4n4nnnc34)cc2)CC1. The van der Waals surface area contributed by atoms with Crippen LogP contribution in [0.1, 0.15) is 10.4 Å². The Labute approximate surface area is 207 Å². The Hall–Kier alpha value is -4.73. The molecular formula is C26H24N8O2. The molecule has 0 radical (unpaired) electrons. The minimum atomic E-state index is 0.0223. The number of para-hydroxylation sites is 4. The highest BCUT2D eigenvalue weighted by molar-refractivity contribution is 5.95. The molecular weight excluding hydrogens is 456 g/mol. The number of carbonyl (C=O) groups excluding carboxylic acids is 1. The lowest BCUT2D eigenvalue weighted by Gasteiger charge is -2.36. The molecule has 1 aliphatic heterocycles. The van der Waals surface area contributed by atoms with Gasteiger partial charge in [-0.1, -0.05) is 24.3 Å². The number of carbonyl (C=O) groups is 1. The van der Waals surface area contributed by atoms with Crippen molar-refractivity contribution in [2.75, 3.05) is 43.5 Å². The van der Waals surface area contributed by atoms with Crippen LogP contribution in [0.15, 0.2) is 72.8 Å². The minimum absolute atomic E-state index is 0.0223. The zero-order valence-electron chi connectivity index (χ0n) is 19.7. The van der Waals surface area contributed by atoms with Crippen LogP contribution in [0.25, 0.3) is 16.7 Å². The van der Waals surface area contributed by atoms with Crippen molar-refractivity contribution < 1.29 is 9.53 Å². The van der Waals surface area contributed by atoms with Crippen molar-refractivity contribution in [1.29, 1.82) is 0 Å². The van der Waals surface area contributed by atoms with Gasteiger partial charge in [0.15, 0.2) is 5.82 Å². The number of ether oxygens (including phenoxy) is 1. The number of hydrogen-bond donors (Lipinski definition) is 1. The molecule has 180 valence electrons. The Balaban J connectivity index is 1.15. The molecule has 1 saturated heterocycles. The lowest BCUT2D eigenvalue weighted by molar-refractivity contribution is 0.0746. The van der Waals surface area contributed by atoms with Crippen molar-refractivity contribution in [3.8, 4) is 5.75 Å². The second kappa shape index (κ2) is 9.14. The maximum absolute atomic E-state index is 13.1. The maximum atomic E-state index is 13.1. The molecule has 0 spiro atoms. The number of tetrazole rings is 1. The summed E-state index contributed by atoms with van der Waals surface area (Å²) in [5.41, 5.74) is 4.63. The van der Waals surface area contributed by atoms with Crippen LogP contribution in [0.4, 0.5) is 17.2 Å². The molecule has 0 unspecified atom stereocenters. The van der Waals surface area contributed by atoms with Crippen LogP contribution in [-0.4, -0.2) is 69.1 Å². The summed E-state index contributed by atoms with van der Waals surface area (Å²) >= 11 is 0. The first-order valence-electron chi connectivity index (χ1n) is 11.7. The van der Waals surface area contributed by atoms with Crippen molar-refractivity contribution in [3.05, 3.63) is 78.4 Å². The third kappa shape index (κ3) is 3.92. The molecule has 0 saturated carbocycles. The van der Waals surface area contributed by atoms with Gasteiger partial charge in [0, 0.05) is 37.4 Å². The topological polar surface area (TPSA) is 101 Å². The zero-order valence-corrected chi connectivity index (χ0v) is 19.7. The normalized spacial score (nSPS) is 13.8. The van der Waals surface area contributed by atoms with Gasteiger partial charge in [-0.2, -0.15) is 4.52 Å². The average Bonchev–Trinajstić information content (AvgIpc) is 3.44. The maximum Gasteiger partial charge on any atom is 0.253 e. The van der Waals surface area contributed by atoms with Gasteiger partial charge >= 0.3 is 0 Å². The summed E-state index contributed by atoms with van der Waals surface area (Å²) in [6.45, 7) is 2.80. The number of amides is 1. The third-order valence-electron chi connectivity index (χ3n) is 6.41. The van der Waals surface area contributed by atoms with Gasteiger partial charge < -0.3 is 19.9 Å². The van der Waals surface area contributed by atoms with Crippen LogP contribution in [0, 0.1) is 0 Å². The monoisotopic (exact) mass is 480 g/mol. The number of hydrogen-bond acceptors (Lipinski definition) is 8. The van der Waals surface area contributed by atoms with Gasteiger partial charge in [-0.3, -0.25) is 4.79 Å².